The van der Waals surface area contributed by atoms with Crippen molar-refractivity contribution in [2.24, 2.45) is 0 Å². The van der Waals surface area contributed by atoms with E-state index in [4.69, 9.17) is 10.00 Å². The molecule has 0 aliphatic rings. The maximum Gasteiger partial charge on any atom is 0.192 e. The number of ether oxygens (including phenoxy) is 1. The van der Waals surface area contributed by atoms with Gasteiger partial charge in [0.15, 0.2) is 5.06 Å². The highest BCUT2D eigenvalue weighted by Crippen LogP contribution is 2.37. The van der Waals surface area contributed by atoms with Gasteiger partial charge in [-0.15, -0.1) is 11.3 Å². The summed E-state index contributed by atoms with van der Waals surface area (Å²) in [6.07, 6.45) is 0. The van der Waals surface area contributed by atoms with Gasteiger partial charge in [-0.3, -0.25) is 0 Å². The molecule has 0 N–H and O–H groups in total. The standard InChI is InChI=1S/C19H12N2OS/c20-10-14-6-8-15(9-7-14)12-22-19-17(11-21)18(13-23-19)16-4-2-1-3-5-16/h1-9,13H,12H2. The van der Waals surface area contributed by atoms with Gasteiger partial charge in [0, 0.05) is 10.9 Å². The number of nitrogens with zero attached hydrogens (tertiary/aromatic N) is 2. The fourth-order valence-corrected chi connectivity index (χ4v) is 3.09. The van der Waals surface area contributed by atoms with Crippen LogP contribution in [0.3, 0.4) is 0 Å². The summed E-state index contributed by atoms with van der Waals surface area (Å²) in [5.41, 5.74) is 4.05. The molecule has 0 saturated heterocycles. The zero-order valence-electron chi connectivity index (χ0n) is 12.2. The van der Waals surface area contributed by atoms with Crippen molar-refractivity contribution in [3.63, 3.8) is 0 Å². The normalized spacial score (nSPS) is 9.83. The minimum Gasteiger partial charge on any atom is -0.478 e. The lowest BCUT2D eigenvalue weighted by Gasteiger charge is -2.05. The average molecular weight is 316 g/mol. The van der Waals surface area contributed by atoms with Crippen LogP contribution in [0, 0.1) is 22.7 Å². The minimum atomic E-state index is 0.370. The average Bonchev–Trinajstić information content (AvgIpc) is 3.04. The fourth-order valence-electron chi connectivity index (χ4n) is 2.21. The first kappa shape index (κ1) is 14.8. The molecule has 0 aliphatic carbocycles. The second-order valence-electron chi connectivity index (χ2n) is 4.89. The van der Waals surface area contributed by atoms with Crippen molar-refractivity contribution in [1.82, 2.24) is 0 Å². The van der Waals surface area contributed by atoms with Crippen LogP contribution in [-0.4, -0.2) is 0 Å². The SMILES string of the molecule is N#Cc1ccc(COc2scc(-c3ccccc3)c2C#N)cc1. The quantitative estimate of drug-likeness (QED) is 0.698. The largest absolute Gasteiger partial charge is 0.478 e. The topological polar surface area (TPSA) is 56.8 Å². The van der Waals surface area contributed by atoms with Gasteiger partial charge >= 0.3 is 0 Å². The van der Waals surface area contributed by atoms with Gasteiger partial charge in [-0.1, -0.05) is 42.5 Å². The number of nitriles is 2. The lowest BCUT2D eigenvalue weighted by Crippen LogP contribution is -1.95. The third kappa shape index (κ3) is 3.23. The Hall–Kier alpha value is -3.08. The maximum atomic E-state index is 9.46. The molecule has 0 radical (unpaired) electrons. The predicted octanol–water partition coefficient (Wildman–Crippen LogP) is 4.74. The van der Waals surface area contributed by atoms with Crippen LogP contribution in [0.2, 0.25) is 0 Å². The first-order valence-corrected chi connectivity index (χ1v) is 7.88. The van der Waals surface area contributed by atoms with Crippen LogP contribution in [0.4, 0.5) is 0 Å². The molecule has 0 unspecified atom stereocenters. The summed E-state index contributed by atoms with van der Waals surface area (Å²) >= 11 is 1.43. The summed E-state index contributed by atoms with van der Waals surface area (Å²) in [6.45, 7) is 0.370. The van der Waals surface area contributed by atoms with Crippen LogP contribution in [0.1, 0.15) is 16.7 Å². The summed E-state index contributed by atoms with van der Waals surface area (Å²) in [4.78, 5) is 0. The van der Waals surface area contributed by atoms with E-state index in [1.54, 1.807) is 12.1 Å². The molecule has 0 aliphatic heterocycles. The van der Waals surface area contributed by atoms with Gasteiger partial charge in [0.05, 0.1) is 11.6 Å². The van der Waals surface area contributed by atoms with Gasteiger partial charge in [-0.2, -0.15) is 10.5 Å². The highest BCUT2D eigenvalue weighted by Gasteiger charge is 2.14. The van der Waals surface area contributed by atoms with E-state index in [1.807, 2.05) is 47.8 Å². The summed E-state index contributed by atoms with van der Waals surface area (Å²) < 4.78 is 5.80. The second kappa shape index (κ2) is 6.79. The zero-order chi connectivity index (χ0) is 16.1. The second-order valence-corrected chi connectivity index (χ2v) is 5.73. The highest BCUT2D eigenvalue weighted by molar-refractivity contribution is 7.12. The van der Waals surface area contributed by atoms with Gasteiger partial charge in [-0.25, -0.2) is 0 Å². The number of hydrogen-bond acceptors (Lipinski definition) is 4. The van der Waals surface area contributed by atoms with Crippen LogP contribution < -0.4 is 4.74 Å². The van der Waals surface area contributed by atoms with E-state index in [9.17, 15) is 5.26 Å². The summed E-state index contributed by atoms with van der Waals surface area (Å²) in [5, 5.41) is 20.8. The lowest BCUT2D eigenvalue weighted by atomic mass is 10.1. The van der Waals surface area contributed by atoms with E-state index in [0.29, 0.717) is 22.8 Å². The Labute approximate surface area is 138 Å². The number of rotatable bonds is 4. The Morgan fingerprint density at radius 3 is 2.30 bits per heavy atom. The third-order valence-corrected chi connectivity index (χ3v) is 4.30. The molecule has 0 atom stereocenters. The maximum absolute atomic E-state index is 9.46. The van der Waals surface area contributed by atoms with Crippen LogP contribution in [-0.2, 0) is 6.61 Å². The Morgan fingerprint density at radius 2 is 1.65 bits per heavy atom. The third-order valence-electron chi connectivity index (χ3n) is 3.41. The monoisotopic (exact) mass is 316 g/mol. The Balaban J connectivity index is 1.80. The molecule has 4 heteroatoms. The molecule has 0 spiro atoms. The summed E-state index contributed by atoms with van der Waals surface area (Å²) in [6, 6.07) is 21.4. The van der Waals surface area contributed by atoms with Crippen LogP contribution in [0.25, 0.3) is 11.1 Å². The molecule has 0 amide bonds. The summed E-state index contributed by atoms with van der Waals surface area (Å²) in [5.74, 6) is 0. The van der Waals surface area contributed by atoms with Crippen LogP contribution in [0.5, 0.6) is 5.06 Å². The van der Waals surface area contributed by atoms with Gasteiger partial charge in [-0.05, 0) is 23.3 Å². The van der Waals surface area contributed by atoms with Crippen LogP contribution in [0.15, 0.2) is 60.0 Å². The van der Waals surface area contributed by atoms with Crippen molar-refractivity contribution < 1.29 is 4.74 Å². The van der Waals surface area contributed by atoms with E-state index >= 15 is 0 Å². The molecule has 3 rings (SSSR count). The van der Waals surface area contributed by atoms with Crippen molar-refractivity contribution in [3.8, 4) is 28.3 Å². The first-order chi connectivity index (χ1) is 11.3. The number of hydrogen-bond donors (Lipinski definition) is 0. The lowest BCUT2D eigenvalue weighted by molar-refractivity contribution is 0.315. The molecule has 0 bridgehead atoms. The van der Waals surface area contributed by atoms with Gasteiger partial charge in [0.1, 0.15) is 18.2 Å². The molecule has 0 saturated carbocycles. The van der Waals surface area contributed by atoms with Crippen molar-refractivity contribution in [1.29, 1.82) is 10.5 Å². The van der Waals surface area contributed by atoms with E-state index in [0.717, 1.165) is 16.7 Å². The van der Waals surface area contributed by atoms with E-state index in [1.165, 1.54) is 11.3 Å². The van der Waals surface area contributed by atoms with Crippen molar-refractivity contribution in [3.05, 3.63) is 76.7 Å². The Bertz CT molecular complexity index is 884. The van der Waals surface area contributed by atoms with Gasteiger partial charge in [0.2, 0.25) is 0 Å². The molecule has 1 heterocycles. The van der Waals surface area contributed by atoms with Gasteiger partial charge < -0.3 is 4.74 Å². The van der Waals surface area contributed by atoms with E-state index < -0.39 is 0 Å². The number of benzene rings is 2. The zero-order valence-corrected chi connectivity index (χ0v) is 13.0. The molecule has 1 aromatic heterocycles. The molecular formula is C19H12N2OS. The summed E-state index contributed by atoms with van der Waals surface area (Å²) in [7, 11) is 0. The minimum absolute atomic E-state index is 0.370. The predicted molar refractivity (Wildman–Crippen MR) is 90.0 cm³/mol. The fraction of sp³-hybridized carbons (Fsp3) is 0.0526. The molecule has 110 valence electrons. The molecule has 3 nitrogen and oxygen atoms in total. The highest BCUT2D eigenvalue weighted by atomic mass is 32.1. The van der Waals surface area contributed by atoms with Gasteiger partial charge in [0.25, 0.3) is 0 Å². The van der Waals surface area contributed by atoms with E-state index in [2.05, 4.69) is 12.1 Å². The van der Waals surface area contributed by atoms with Crippen LogP contribution >= 0.6 is 11.3 Å². The Kier molecular flexibility index (Phi) is 4.38. The first-order valence-electron chi connectivity index (χ1n) is 7.00. The molecule has 0 fully saturated rings. The van der Waals surface area contributed by atoms with Crippen molar-refractivity contribution in [2.75, 3.05) is 0 Å². The molecular weight excluding hydrogens is 304 g/mol. The van der Waals surface area contributed by atoms with E-state index in [-0.39, 0.29) is 0 Å². The molecule has 3 aromatic rings. The van der Waals surface area contributed by atoms with Crippen molar-refractivity contribution >= 4 is 11.3 Å². The Morgan fingerprint density at radius 1 is 0.913 bits per heavy atom. The molecule has 23 heavy (non-hydrogen) atoms. The smallest absolute Gasteiger partial charge is 0.192 e. The molecule has 2 aromatic carbocycles. The number of thiophene rings is 1. The van der Waals surface area contributed by atoms with Crippen molar-refractivity contribution in [2.45, 2.75) is 6.61 Å².